The molecule has 0 radical (unpaired) electrons. The smallest absolute Gasteiger partial charge is 0.126 e. The number of hydrogen-bond acceptors (Lipinski definition) is 4. The SMILES string of the molecule is CCN(Cc1cccs1)c1cccc(SC)c1C(=N)N. The molecule has 0 aliphatic carbocycles. The summed E-state index contributed by atoms with van der Waals surface area (Å²) in [5.74, 6) is 0.134. The summed E-state index contributed by atoms with van der Waals surface area (Å²) in [6.07, 6.45) is 2.01. The lowest BCUT2D eigenvalue weighted by atomic mass is 10.1. The fourth-order valence-electron chi connectivity index (χ4n) is 2.18. The highest BCUT2D eigenvalue weighted by molar-refractivity contribution is 7.98. The monoisotopic (exact) mass is 305 g/mol. The van der Waals surface area contributed by atoms with Gasteiger partial charge in [0.15, 0.2) is 0 Å². The van der Waals surface area contributed by atoms with E-state index >= 15 is 0 Å². The molecular weight excluding hydrogens is 286 g/mol. The van der Waals surface area contributed by atoms with E-state index in [4.69, 9.17) is 11.1 Å². The molecule has 5 heteroatoms. The van der Waals surface area contributed by atoms with E-state index in [1.807, 2.05) is 24.5 Å². The van der Waals surface area contributed by atoms with E-state index in [-0.39, 0.29) is 5.84 Å². The number of nitrogens with two attached hydrogens (primary N) is 1. The summed E-state index contributed by atoms with van der Waals surface area (Å²) in [7, 11) is 0. The Hall–Kier alpha value is -1.46. The Morgan fingerprint density at radius 2 is 2.15 bits per heavy atom. The summed E-state index contributed by atoms with van der Waals surface area (Å²) < 4.78 is 0. The van der Waals surface area contributed by atoms with Crippen LogP contribution >= 0.6 is 23.1 Å². The van der Waals surface area contributed by atoms with Crippen LogP contribution in [0.5, 0.6) is 0 Å². The predicted molar refractivity (Wildman–Crippen MR) is 90.3 cm³/mol. The van der Waals surface area contributed by atoms with Crippen molar-refractivity contribution >= 4 is 34.6 Å². The van der Waals surface area contributed by atoms with Gasteiger partial charge in [-0.1, -0.05) is 12.1 Å². The molecule has 2 aromatic rings. The molecule has 1 aromatic heterocycles. The maximum Gasteiger partial charge on any atom is 0.126 e. The number of benzene rings is 1. The van der Waals surface area contributed by atoms with Crippen LogP contribution in [0.1, 0.15) is 17.4 Å². The quantitative estimate of drug-likeness (QED) is 0.485. The highest BCUT2D eigenvalue weighted by Gasteiger charge is 2.16. The average molecular weight is 305 g/mol. The van der Waals surface area contributed by atoms with Gasteiger partial charge in [0.1, 0.15) is 5.84 Å². The van der Waals surface area contributed by atoms with Crippen molar-refractivity contribution in [2.75, 3.05) is 17.7 Å². The van der Waals surface area contributed by atoms with Gasteiger partial charge in [0, 0.05) is 22.0 Å². The number of anilines is 1. The number of thiophene rings is 1. The Bertz CT molecular complexity index is 579. The molecule has 0 amide bonds. The summed E-state index contributed by atoms with van der Waals surface area (Å²) >= 11 is 3.38. The van der Waals surface area contributed by atoms with Gasteiger partial charge in [-0.3, -0.25) is 5.41 Å². The molecule has 3 nitrogen and oxygen atoms in total. The van der Waals surface area contributed by atoms with Crippen molar-refractivity contribution in [2.45, 2.75) is 18.4 Å². The normalized spacial score (nSPS) is 10.5. The number of hydrogen-bond donors (Lipinski definition) is 2. The highest BCUT2D eigenvalue weighted by Crippen LogP contribution is 2.30. The molecule has 0 spiro atoms. The Labute approximate surface area is 128 Å². The first kappa shape index (κ1) is 14.9. The maximum atomic E-state index is 7.88. The van der Waals surface area contributed by atoms with Crippen LogP contribution in [0.3, 0.4) is 0 Å². The Morgan fingerprint density at radius 1 is 1.35 bits per heavy atom. The number of nitrogens with one attached hydrogen (secondary N) is 1. The van der Waals surface area contributed by atoms with E-state index in [2.05, 4.69) is 29.3 Å². The molecule has 0 unspecified atom stereocenters. The van der Waals surface area contributed by atoms with Crippen molar-refractivity contribution in [3.8, 4) is 0 Å². The Morgan fingerprint density at radius 3 is 2.70 bits per heavy atom. The first-order valence-electron chi connectivity index (χ1n) is 6.46. The van der Waals surface area contributed by atoms with Crippen molar-refractivity contribution in [1.82, 2.24) is 0 Å². The molecular formula is C15H19N3S2. The van der Waals surface area contributed by atoms with E-state index in [0.29, 0.717) is 0 Å². The van der Waals surface area contributed by atoms with E-state index in [1.54, 1.807) is 23.1 Å². The minimum atomic E-state index is 0.134. The number of nitrogens with zero attached hydrogens (tertiary/aromatic N) is 1. The van der Waals surface area contributed by atoms with Crippen molar-refractivity contribution in [3.63, 3.8) is 0 Å². The van der Waals surface area contributed by atoms with Gasteiger partial charge in [0.2, 0.25) is 0 Å². The molecule has 106 valence electrons. The van der Waals surface area contributed by atoms with Gasteiger partial charge in [-0.15, -0.1) is 23.1 Å². The van der Waals surface area contributed by atoms with Crippen LogP contribution in [0.15, 0.2) is 40.6 Å². The third kappa shape index (κ3) is 3.16. The average Bonchev–Trinajstić information content (AvgIpc) is 2.96. The second kappa shape index (κ2) is 6.81. The first-order chi connectivity index (χ1) is 9.67. The van der Waals surface area contributed by atoms with Crippen molar-refractivity contribution in [1.29, 1.82) is 5.41 Å². The Kier molecular flexibility index (Phi) is 5.09. The van der Waals surface area contributed by atoms with Crippen molar-refractivity contribution in [3.05, 3.63) is 46.2 Å². The van der Waals surface area contributed by atoms with E-state index in [1.165, 1.54) is 4.88 Å². The van der Waals surface area contributed by atoms with Crippen molar-refractivity contribution in [2.24, 2.45) is 5.73 Å². The minimum absolute atomic E-state index is 0.134. The van der Waals surface area contributed by atoms with Gasteiger partial charge in [0.25, 0.3) is 0 Å². The topological polar surface area (TPSA) is 53.1 Å². The predicted octanol–water partition coefficient (Wildman–Crippen LogP) is 3.78. The third-order valence-corrected chi connectivity index (χ3v) is 4.78. The fourth-order valence-corrected chi connectivity index (χ4v) is 3.53. The number of nitrogen functional groups attached to an aromatic ring is 1. The zero-order valence-electron chi connectivity index (χ0n) is 11.7. The maximum absolute atomic E-state index is 7.88. The standard InChI is InChI=1S/C15H19N3S2/c1-3-18(10-11-6-5-9-20-11)12-7-4-8-13(19-2)14(12)15(16)17/h4-9H,3,10H2,1-2H3,(H3,16,17). The van der Waals surface area contributed by atoms with E-state index in [0.717, 1.165) is 29.2 Å². The first-order valence-corrected chi connectivity index (χ1v) is 8.56. The Balaban J connectivity index is 2.41. The number of amidine groups is 1. The second-order valence-corrected chi connectivity index (χ2v) is 6.24. The van der Waals surface area contributed by atoms with Gasteiger partial charge < -0.3 is 10.6 Å². The largest absolute Gasteiger partial charge is 0.384 e. The molecule has 0 saturated heterocycles. The molecule has 0 saturated carbocycles. The van der Waals surface area contributed by atoms with Crippen molar-refractivity contribution < 1.29 is 0 Å². The number of thioether (sulfide) groups is 1. The fraction of sp³-hybridized carbons (Fsp3) is 0.267. The molecule has 2 rings (SSSR count). The van der Waals surface area contributed by atoms with Crippen LogP contribution in [0, 0.1) is 5.41 Å². The molecule has 3 N–H and O–H groups in total. The molecule has 0 aliphatic heterocycles. The second-order valence-electron chi connectivity index (χ2n) is 4.36. The van der Waals surface area contributed by atoms with Gasteiger partial charge in [-0.05, 0) is 36.8 Å². The molecule has 0 bridgehead atoms. The lowest BCUT2D eigenvalue weighted by molar-refractivity contribution is 0.839. The van der Waals surface area contributed by atoms with E-state index < -0.39 is 0 Å². The van der Waals surface area contributed by atoms with Gasteiger partial charge in [0.05, 0.1) is 12.1 Å². The summed E-state index contributed by atoms with van der Waals surface area (Å²) in [6, 6.07) is 10.3. The lowest BCUT2D eigenvalue weighted by Gasteiger charge is -2.26. The van der Waals surface area contributed by atoms with Crippen LogP contribution in [0.25, 0.3) is 0 Å². The molecule has 0 atom stereocenters. The third-order valence-electron chi connectivity index (χ3n) is 3.14. The summed E-state index contributed by atoms with van der Waals surface area (Å²) in [5.41, 5.74) is 7.69. The highest BCUT2D eigenvalue weighted by atomic mass is 32.2. The zero-order valence-corrected chi connectivity index (χ0v) is 13.4. The van der Waals surface area contributed by atoms with Crippen LogP contribution < -0.4 is 10.6 Å². The van der Waals surface area contributed by atoms with Crippen LogP contribution in [-0.4, -0.2) is 18.6 Å². The summed E-state index contributed by atoms with van der Waals surface area (Å²) in [5, 5.41) is 9.97. The molecule has 0 fully saturated rings. The molecule has 0 aliphatic rings. The molecule has 20 heavy (non-hydrogen) atoms. The van der Waals surface area contributed by atoms with Gasteiger partial charge in [-0.2, -0.15) is 0 Å². The minimum Gasteiger partial charge on any atom is -0.384 e. The summed E-state index contributed by atoms with van der Waals surface area (Å²) in [6.45, 7) is 3.87. The van der Waals surface area contributed by atoms with Gasteiger partial charge in [-0.25, -0.2) is 0 Å². The van der Waals surface area contributed by atoms with Gasteiger partial charge >= 0.3 is 0 Å². The van der Waals surface area contributed by atoms with Crippen LogP contribution in [0.2, 0.25) is 0 Å². The summed E-state index contributed by atoms with van der Waals surface area (Å²) in [4.78, 5) is 4.64. The van der Waals surface area contributed by atoms with Crippen LogP contribution in [-0.2, 0) is 6.54 Å². The molecule has 1 aromatic carbocycles. The zero-order chi connectivity index (χ0) is 14.5. The molecule has 1 heterocycles. The lowest BCUT2D eigenvalue weighted by Crippen LogP contribution is -2.26. The van der Waals surface area contributed by atoms with E-state index in [9.17, 15) is 0 Å². The number of rotatable bonds is 6. The van der Waals surface area contributed by atoms with Crippen LogP contribution in [0.4, 0.5) is 5.69 Å².